The lowest BCUT2D eigenvalue weighted by molar-refractivity contribution is -0.119. The maximum Gasteiger partial charge on any atom is 0.335 e. The zero-order chi connectivity index (χ0) is 36.0. The van der Waals surface area contributed by atoms with E-state index >= 15 is 0 Å². The Balaban J connectivity index is 1.22. The van der Waals surface area contributed by atoms with E-state index in [4.69, 9.17) is 9.47 Å². The highest BCUT2D eigenvalue weighted by Gasteiger charge is 2.29. The number of fused-ring (bicyclic) bond motifs is 2. The van der Waals surface area contributed by atoms with Crippen LogP contribution in [0.5, 0.6) is 5.75 Å². The third-order valence-corrected chi connectivity index (χ3v) is 9.95. The number of anilines is 2. The minimum absolute atomic E-state index is 0.00268. The van der Waals surface area contributed by atoms with Crippen LogP contribution in [0, 0.1) is 5.92 Å². The van der Waals surface area contributed by atoms with Crippen LogP contribution in [0.2, 0.25) is 0 Å². The van der Waals surface area contributed by atoms with Crippen molar-refractivity contribution in [2.45, 2.75) is 51.7 Å². The number of morpholine rings is 1. The van der Waals surface area contributed by atoms with E-state index in [1.54, 1.807) is 17.0 Å². The van der Waals surface area contributed by atoms with Crippen LogP contribution in [-0.2, 0) is 27.5 Å². The number of carbonyl (C=O) groups excluding carboxylic acids is 3. The topological polar surface area (TPSA) is 139 Å². The van der Waals surface area contributed by atoms with Crippen LogP contribution < -0.4 is 15.4 Å². The van der Waals surface area contributed by atoms with Crippen molar-refractivity contribution in [1.29, 1.82) is 0 Å². The monoisotopic (exact) mass is 702 g/mol. The van der Waals surface area contributed by atoms with E-state index in [9.17, 15) is 24.3 Å². The number of aromatic nitrogens is 1. The van der Waals surface area contributed by atoms with Crippen molar-refractivity contribution >= 4 is 56.7 Å². The average Bonchev–Trinajstić information content (AvgIpc) is 3.81. The molecule has 1 saturated carbocycles. The van der Waals surface area contributed by atoms with E-state index in [1.165, 1.54) is 12.1 Å². The lowest BCUT2D eigenvalue weighted by Gasteiger charge is -2.27. The first-order valence-corrected chi connectivity index (χ1v) is 17.9. The molecule has 2 fully saturated rings. The molecule has 5 aromatic rings. The van der Waals surface area contributed by atoms with Gasteiger partial charge < -0.3 is 34.7 Å². The summed E-state index contributed by atoms with van der Waals surface area (Å²) in [7, 11) is 0. The van der Waals surface area contributed by atoms with Crippen molar-refractivity contribution in [2.24, 2.45) is 5.92 Å². The molecule has 2 heterocycles. The molecule has 0 radical (unpaired) electrons. The number of carbonyl (C=O) groups is 4. The molecule has 1 aliphatic carbocycles. The van der Waals surface area contributed by atoms with Gasteiger partial charge in [0.25, 0.3) is 5.91 Å². The van der Waals surface area contributed by atoms with Gasteiger partial charge in [-0.1, -0.05) is 49.2 Å². The number of hydrogen-bond donors (Lipinski definition) is 3. The molecule has 7 rings (SSSR count). The molecule has 4 aromatic carbocycles. The molecule has 1 aromatic heterocycles. The van der Waals surface area contributed by atoms with Gasteiger partial charge in [0.05, 0.1) is 30.0 Å². The second kappa shape index (κ2) is 15.7. The number of ether oxygens (including phenoxy) is 2. The molecule has 52 heavy (non-hydrogen) atoms. The molecule has 0 unspecified atom stereocenters. The molecule has 0 atom stereocenters. The standard InChI is InChI=1S/C41H42N4O7/c46-37(42-31-12-5-11-30(23-31)41(49)50)13-6-18-45-35-17-15-32(43-39(47)28-8-2-3-9-28)25-34(35)38(40(48)44-19-21-51-22-20-44)36(45)26-52-33-16-14-27-7-1-4-10-29(27)24-33/h1,4-5,7,10-12,14-17,23-25,28H,2-3,6,8-9,13,18-22,26H2,(H,42,46)(H,43,47)(H,49,50). The number of rotatable bonds is 12. The summed E-state index contributed by atoms with van der Waals surface area (Å²) in [5.41, 5.74) is 3.10. The zero-order valence-corrected chi connectivity index (χ0v) is 28.9. The second-order valence-corrected chi connectivity index (χ2v) is 13.4. The van der Waals surface area contributed by atoms with Crippen LogP contribution >= 0.6 is 0 Å². The first-order chi connectivity index (χ1) is 25.3. The van der Waals surface area contributed by atoms with Crippen molar-refractivity contribution in [1.82, 2.24) is 9.47 Å². The summed E-state index contributed by atoms with van der Waals surface area (Å²) in [6, 6.07) is 25.7. The van der Waals surface area contributed by atoms with Gasteiger partial charge in [-0.05, 0) is 78.6 Å². The fourth-order valence-corrected chi connectivity index (χ4v) is 7.25. The SMILES string of the molecule is O=C(CCCn1c(COc2ccc3ccccc3c2)c(C(=O)N2CCOCC2)c2cc(NC(=O)C3CCCC3)ccc21)Nc1cccc(C(=O)O)c1. The summed E-state index contributed by atoms with van der Waals surface area (Å²) >= 11 is 0. The maximum absolute atomic E-state index is 14.4. The van der Waals surface area contributed by atoms with Crippen molar-refractivity contribution in [3.63, 3.8) is 0 Å². The lowest BCUT2D eigenvalue weighted by Crippen LogP contribution is -2.41. The highest BCUT2D eigenvalue weighted by molar-refractivity contribution is 6.10. The normalized spacial score (nSPS) is 14.8. The van der Waals surface area contributed by atoms with Crippen molar-refractivity contribution < 1.29 is 33.8 Å². The predicted octanol–water partition coefficient (Wildman–Crippen LogP) is 7.09. The summed E-state index contributed by atoms with van der Waals surface area (Å²) in [5.74, 6) is -0.824. The number of amides is 3. The Labute approximate surface area is 301 Å². The van der Waals surface area contributed by atoms with Crippen molar-refractivity contribution in [3.8, 4) is 5.75 Å². The van der Waals surface area contributed by atoms with Crippen molar-refractivity contribution in [2.75, 3.05) is 36.9 Å². The van der Waals surface area contributed by atoms with Gasteiger partial charge in [-0.3, -0.25) is 14.4 Å². The zero-order valence-electron chi connectivity index (χ0n) is 28.9. The number of nitrogens with zero attached hydrogens (tertiary/aromatic N) is 2. The first kappa shape index (κ1) is 34.8. The summed E-state index contributed by atoms with van der Waals surface area (Å²) in [6.07, 6.45) is 4.43. The molecule has 0 spiro atoms. The lowest BCUT2D eigenvalue weighted by atomic mass is 10.1. The molecular weight excluding hydrogens is 660 g/mol. The number of aryl methyl sites for hydroxylation is 1. The Morgan fingerprint density at radius 3 is 2.38 bits per heavy atom. The van der Waals surface area contributed by atoms with Gasteiger partial charge in [0.15, 0.2) is 0 Å². The molecule has 11 nitrogen and oxygen atoms in total. The smallest absolute Gasteiger partial charge is 0.335 e. The third-order valence-electron chi connectivity index (χ3n) is 9.95. The highest BCUT2D eigenvalue weighted by Crippen LogP contribution is 2.33. The van der Waals surface area contributed by atoms with E-state index in [2.05, 4.69) is 10.6 Å². The van der Waals surface area contributed by atoms with E-state index in [-0.39, 0.29) is 42.2 Å². The first-order valence-electron chi connectivity index (χ1n) is 17.9. The number of hydrogen-bond acceptors (Lipinski definition) is 6. The molecular formula is C41H42N4O7. The summed E-state index contributed by atoms with van der Waals surface area (Å²) in [6.45, 7) is 2.30. The van der Waals surface area contributed by atoms with E-state index < -0.39 is 5.97 Å². The van der Waals surface area contributed by atoms with E-state index in [1.807, 2.05) is 65.2 Å². The second-order valence-electron chi connectivity index (χ2n) is 13.4. The molecule has 0 bridgehead atoms. The Bertz CT molecular complexity index is 2130. The summed E-state index contributed by atoms with van der Waals surface area (Å²) < 4.78 is 14.0. The van der Waals surface area contributed by atoms with E-state index in [0.29, 0.717) is 73.0 Å². The Kier molecular flexibility index (Phi) is 10.5. The molecule has 3 N–H and O–H groups in total. The number of benzene rings is 4. The van der Waals surface area contributed by atoms with Crippen LogP contribution in [0.3, 0.4) is 0 Å². The summed E-state index contributed by atoms with van der Waals surface area (Å²) in [4.78, 5) is 53.8. The van der Waals surface area contributed by atoms with Crippen LogP contribution in [0.4, 0.5) is 11.4 Å². The fraction of sp³-hybridized carbons (Fsp3) is 0.317. The van der Waals surface area contributed by atoms with Gasteiger partial charge >= 0.3 is 5.97 Å². The quantitative estimate of drug-likeness (QED) is 0.126. The number of carboxylic acid groups (broad SMARTS) is 1. The molecule has 11 heteroatoms. The third kappa shape index (κ3) is 7.79. The van der Waals surface area contributed by atoms with Gasteiger partial charge in [0.1, 0.15) is 12.4 Å². The Morgan fingerprint density at radius 1 is 0.827 bits per heavy atom. The highest BCUT2D eigenvalue weighted by atomic mass is 16.5. The molecule has 2 aliphatic rings. The van der Waals surface area contributed by atoms with Gasteiger partial charge in [-0.2, -0.15) is 0 Å². The molecule has 268 valence electrons. The number of nitrogens with one attached hydrogen (secondary N) is 2. The minimum atomic E-state index is -1.07. The Morgan fingerprint density at radius 2 is 1.60 bits per heavy atom. The van der Waals surface area contributed by atoms with Crippen LogP contribution in [0.1, 0.15) is 64.9 Å². The maximum atomic E-state index is 14.4. The van der Waals surface area contributed by atoms with Crippen LogP contribution in [-0.4, -0.2) is 64.6 Å². The molecule has 3 amide bonds. The van der Waals surface area contributed by atoms with Gasteiger partial charge in [-0.25, -0.2) is 4.79 Å². The van der Waals surface area contributed by atoms with Crippen molar-refractivity contribution in [3.05, 3.63) is 102 Å². The van der Waals surface area contributed by atoms with E-state index in [0.717, 1.165) is 42.0 Å². The Hall–Kier alpha value is -5.68. The summed E-state index contributed by atoms with van der Waals surface area (Å²) in [5, 5.41) is 18.1. The molecule has 1 aliphatic heterocycles. The average molecular weight is 703 g/mol. The minimum Gasteiger partial charge on any atom is -0.487 e. The number of carboxylic acids is 1. The van der Waals surface area contributed by atoms with Gasteiger partial charge in [-0.15, -0.1) is 0 Å². The largest absolute Gasteiger partial charge is 0.487 e. The molecule has 1 saturated heterocycles. The number of aromatic carboxylic acids is 1. The van der Waals surface area contributed by atoms with Gasteiger partial charge in [0.2, 0.25) is 11.8 Å². The fourth-order valence-electron chi connectivity index (χ4n) is 7.25. The van der Waals surface area contributed by atoms with Crippen LogP contribution in [0.15, 0.2) is 84.9 Å². The predicted molar refractivity (Wildman–Crippen MR) is 199 cm³/mol. The van der Waals surface area contributed by atoms with Crippen LogP contribution in [0.25, 0.3) is 21.7 Å². The van der Waals surface area contributed by atoms with Gasteiger partial charge in [0, 0.05) is 54.3 Å².